The number of carbonyl (C=O) groups is 1. The van der Waals surface area contributed by atoms with Gasteiger partial charge in [0.05, 0.1) is 17.6 Å². The topological polar surface area (TPSA) is 120 Å². The number of sulfone groups is 1. The summed E-state index contributed by atoms with van der Waals surface area (Å²) in [4.78, 5) is 17.0. The number of anilines is 1. The molecule has 2 rings (SSSR count). The SMILES string of the molecule is COc1ccccc1/C(N)=N/OCC(=O)Nc1ccc(S(C)(=O)=O)cc1. The van der Waals surface area contributed by atoms with Gasteiger partial charge in [-0.15, -0.1) is 0 Å². The molecule has 0 aliphatic carbocycles. The highest BCUT2D eigenvalue weighted by Gasteiger charge is 2.09. The molecule has 8 nitrogen and oxygen atoms in total. The molecule has 0 saturated heterocycles. The van der Waals surface area contributed by atoms with E-state index < -0.39 is 15.7 Å². The zero-order valence-corrected chi connectivity index (χ0v) is 15.1. The van der Waals surface area contributed by atoms with Gasteiger partial charge in [0, 0.05) is 11.9 Å². The maximum absolute atomic E-state index is 11.8. The molecule has 9 heteroatoms. The molecule has 3 N–H and O–H groups in total. The van der Waals surface area contributed by atoms with E-state index in [0.717, 1.165) is 6.26 Å². The predicted octanol–water partition coefficient (Wildman–Crippen LogP) is 1.37. The molecular weight excluding hydrogens is 358 g/mol. The number of methoxy groups -OCH3 is 1. The highest BCUT2D eigenvalue weighted by atomic mass is 32.2. The number of nitrogens with zero attached hydrogens (tertiary/aromatic N) is 1. The van der Waals surface area contributed by atoms with Crippen molar-refractivity contribution >= 4 is 27.3 Å². The normalized spacial score (nSPS) is 11.7. The van der Waals surface area contributed by atoms with Gasteiger partial charge in [0.2, 0.25) is 0 Å². The van der Waals surface area contributed by atoms with Gasteiger partial charge in [-0.1, -0.05) is 17.3 Å². The fraction of sp³-hybridized carbons (Fsp3) is 0.176. The van der Waals surface area contributed by atoms with E-state index in [1.165, 1.54) is 31.4 Å². The Bertz CT molecular complexity index is 908. The summed E-state index contributed by atoms with van der Waals surface area (Å²) in [6.45, 7) is -0.357. The summed E-state index contributed by atoms with van der Waals surface area (Å²) in [5.41, 5.74) is 6.81. The van der Waals surface area contributed by atoms with Gasteiger partial charge in [-0.05, 0) is 36.4 Å². The molecule has 0 bridgehead atoms. The number of hydrogen-bond acceptors (Lipinski definition) is 6. The summed E-state index contributed by atoms with van der Waals surface area (Å²) in [5, 5.41) is 6.27. The molecule has 0 saturated carbocycles. The number of oxime groups is 1. The molecule has 0 aliphatic rings. The number of nitrogens with one attached hydrogen (secondary N) is 1. The molecule has 26 heavy (non-hydrogen) atoms. The van der Waals surface area contributed by atoms with E-state index >= 15 is 0 Å². The summed E-state index contributed by atoms with van der Waals surface area (Å²) in [6, 6.07) is 12.8. The first kappa shape index (κ1) is 19.3. The lowest BCUT2D eigenvalue weighted by Gasteiger charge is -2.08. The first-order valence-electron chi connectivity index (χ1n) is 7.50. The fourth-order valence-corrected chi connectivity index (χ4v) is 2.68. The lowest BCUT2D eigenvalue weighted by Crippen LogP contribution is -2.19. The monoisotopic (exact) mass is 377 g/mol. The summed E-state index contributed by atoms with van der Waals surface area (Å²) >= 11 is 0. The van der Waals surface area contributed by atoms with Gasteiger partial charge >= 0.3 is 0 Å². The molecule has 0 fully saturated rings. The first-order valence-corrected chi connectivity index (χ1v) is 9.39. The van der Waals surface area contributed by atoms with Crippen molar-refractivity contribution in [1.82, 2.24) is 0 Å². The Kier molecular flexibility index (Phi) is 6.18. The van der Waals surface area contributed by atoms with E-state index in [9.17, 15) is 13.2 Å². The molecule has 0 radical (unpaired) electrons. The second-order valence-corrected chi connectivity index (χ2v) is 7.31. The smallest absolute Gasteiger partial charge is 0.265 e. The second-order valence-electron chi connectivity index (χ2n) is 5.29. The lowest BCUT2D eigenvalue weighted by molar-refractivity contribution is -0.120. The van der Waals surface area contributed by atoms with Crippen LogP contribution in [0.25, 0.3) is 0 Å². The third-order valence-corrected chi connectivity index (χ3v) is 4.44. The summed E-state index contributed by atoms with van der Waals surface area (Å²) in [5.74, 6) is 0.147. The predicted molar refractivity (Wildman–Crippen MR) is 97.9 cm³/mol. The van der Waals surface area contributed by atoms with Gasteiger partial charge in [0.1, 0.15) is 5.75 Å². The van der Waals surface area contributed by atoms with Crippen LogP contribution in [0.15, 0.2) is 58.6 Å². The molecule has 0 unspecified atom stereocenters. The minimum absolute atomic E-state index is 0.0766. The van der Waals surface area contributed by atoms with E-state index in [1.54, 1.807) is 24.3 Å². The molecule has 0 aromatic heterocycles. The quantitative estimate of drug-likeness (QED) is 0.427. The first-order chi connectivity index (χ1) is 12.3. The number of carbonyl (C=O) groups excluding carboxylic acids is 1. The number of benzene rings is 2. The average molecular weight is 377 g/mol. The van der Waals surface area contributed by atoms with E-state index in [0.29, 0.717) is 17.0 Å². The van der Waals surface area contributed by atoms with Crippen LogP contribution in [0.2, 0.25) is 0 Å². The Balaban J connectivity index is 1.92. The van der Waals surface area contributed by atoms with Crippen LogP contribution >= 0.6 is 0 Å². The molecule has 138 valence electrons. The van der Waals surface area contributed by atoms with Gasteiger partial charge in [-0.25, -0.2) is 8.42 Å². The standard InChI is InChI=1S/C17H19N3O5S/c1-24-15-6-4-3-5-14(15)17(18)20-25-11-16(21)19-12-7-9-13(10-8-12)26(2,22)23/h3-10H,11H2,1-2H3,(H2,18,20)(H,19,21). The van der Waals surface area contributed by atoms with Crippen molar-refractivity contribution in [3.05, 3.63) is 54.1 Å². The van der Waals surface area contributed by atoms with Crippen molar-refractivity contribution in [2.45, 2.75) is 4.90 Å². The molecule has 0 atom stereocenters. The number of para-hydroxylation sites is 1. The van der Waals surface area contributed by atoms with Crippen molar-refractivity contribution in [3.63, 3.8) is 0 Å². The van der Waals surface area contributed by atoms with E-state index in [-0.39, 0.29) is 17.3 Å². The van der Waals surface area contributed by atoms with Crippen molar-refractivity contribution in [1.29, 1.82) is 0 Å². The number of amidine groups is 1. The van der Waals surface area contributed by atoms with Crippen molar-refractivity contribution in [3.8, 4) is 5.75 Å². The zero-order chi connectivity index (χ0) is 19.2. The average Bonchev–Trinajstić information content (AvgIpc) is 2.61. The second kappa shape index (κ2) is 8.34. The van der Waals surface area contributed by atoms with Gasteiger partial charge in [-0.3, -0.25) is 4.79 Å². The van der Waals surface area contributed by atoms with Crippen molar-refractivity contribution < 1.29 is 22.8 Å². The van der Waals surface area contributed by atoms with Crippen LogP contribution in [-0.2, 0) is 19.5 Å². The van der Waals surface area contributed by atoms with Crippen LogP contribution in [0.3, 0.4) is 0 Å². The maximum atomic E-state index is 11.8. The molecule has 2 aromatic rings. The number of rotatable bonds is 7. The Morgan fingerprint density at radius 1 is 1.15 bits per heavy atom. The number of ether oxygens (including phenoxy) is 1. The molecular formula is C17H19N3O5S. The summed E-state index contributed by atoms with van der Waals surface area (Å²) in [6.07, 6.45) is 1.11. The van der Waals surface area contributed by atoms with Gasteiger partial charge in [0.25, 0.3) is 5.91 Å². The highest BCUT2D eigenvalue weighted by Crippen LogP contribution is 2.17. The van der Waals surface area contributed by atoms with E-state index in [4.69, 9.17) is 15.3 Å². The molecule has 1 amide bonds. The van der Waals surface area contributed by atoms with E-state index in [1.807, 2.05) is 0 Å². The van der Waals surface area contributed by atoms with Crippen molar-refractivity contribution in [2.24, 2.45) is 10.9 Å². The third-order valence-electron chi connectivity index (χ3n) is 3.31. The molecule has 0 aliphatic heterocycles. The number of hydrogen-bond donors (Lipinski definition) is 2. The van der Waals surface area contributed by atoms with Gasteiger partial charge in [-0.2, -0.15) is 0 Å². The number of amides is 1. The Hall–Kier alpha value is -3.07. The van der Waals surface area contributed by atoms with Crippen LogP contribution < -0.4 is 15.8 Å². The minimum atomic E-state index is -3.28. The molecule has 0 spiro atoms. The lowest BCUT2D eigenvalue weighted by atomic mass is 10.2. The summed E-state index contributed by atoms with van der Waals surface area (Å²) in [7, 11) is -1.77. The van der Waals surface area contributed by atoms with Crippen LogP contribution in [0.4, 0.5) is 5.69 Å². The zero-order valence-electron chi connectivity index (χ0n) is 14.3. The Morgan fingerprint density at radius 2 is 1.81 bits per heavy atom. The molecule has 2 aromatic carbocycles. The maximum Gasteiger partial charge on any atom is 0.265 e. The highest BCUT2D eigenvalue weighted by molar-refractivity contribution is 7.90. The van der Waals surface area contributed by atoms with Crippen LogP contribution in [0.1, 0.15) is 5.56 Å². The van der Waals surface area contributed by atoms with Crippen LogP contribution in [0, 0.1) is 0 Å². The van der Waals surface area contributed by atoms with Gasteiger partial charge < -0.3 is 20.6 Å². The Morgan fingerprint density at radius 3 is 2.42 bits per heavy atom. The minimum Gasteiger partial charge on any atom is -0.496 e. The van der Waals surface area contributed by atoms with Crippen molar-refractivity contribution in [2.75, 3.05) is 25.3 Å². The fourth-order valence-electron chi connectivity index (χ4n) is 2.05. The Labute approximate surface area is 151 Å². The van der Waals surface area contributed by atoms with E-state index in [2.05, 4.69) is 10.5 Å². The molecule has 0 heterocycles. The largest absolute Gasteiger partial charge is 0.496 e. The third kappa shape index (κ3) is 5.21. The van der Waals surface area contributed by atoms with Crippen LogP contribution in [0.5, 0.6) is 5.75 Å². The number of nitrogens with two attached hydrogens (primary N) is 1. The van der Waals surface area contributed by atoms with Crippen LogP contribution in [-0.4, -0.2) is 40.1 Å². The summed E-state index contributed by atoms with van der Waals surface area (Å²) < 4.78 is 28.0. The van der Waals surface area contributed by atoms with Gasteiger partial charge in [0.15, 0.2) is 22.3 Å².